The average molecular weight is 317 g/mol. The molecular weight excluding hydrogens is 302 g/mol. The molecule has 0 spiro atoms. The van der Waals surface area contributed by atoms with Gasteiger partial charge in [0.15, 0.2) is 17.3 Å². The fourth-order valence-corrected chi connectivity index (χ4v) is 2.82. The third kappa shape index (κ3) is 2.68. The summed E-state index contributed by atoms with van der Waals surface area (Å²) in [4.78, 5) is 12.6. The molecule has 0 aliphatic heterocycles. The lowest BCUT2D eigenvalue weighted by atomic mass is 9.93. The first-order chi connectivity index (χ1) is 11.6. The van der Waals surface area contributed by atoms with Gasteiger partial charge in [0.1, 0.15) is 6.07 Å². The molecule has 0 radical (unpaired) electrons. The van der Waals surface area contributed by atoms with Crippen LogP contribution in [0.15, 0.2) is 54.6 Å². The number of aryl methyl sites for hydroxylation is 1. The molecule has 24 heavy (non-hydrogen) atoms. The van der Waals surface area contributed by atoms with Crippen LogP contribution >= 0.6 is 0 Å². The number of phenolic OH excluding ortho intramolecular Hbond substituents is 2. The van der Waals surface area contributed by atoms with E-state index in [1.54, 1.807) is 24.3 Å². The molecule has 0 atom stereocenters. The van der Waals surface area contributed by atoms with Gasteiger partial charge in [-0.05, 0) is 12.0 Å². The summed E-state index contributed by atoms with van der Waals surface area (Å²) in [6.07, 6.45) is 0.640. The summed E-state index contributed by atoms with van der Waals surface area (Å²) in [6.45, 7) is 0. The van der Waals surface area contributed by atoms with Crippen LogP contribution in [0, 0.1) is 11.3 Å². The van der Waals surface area contributed by atoms with Crippen molar-refractivity contribution in [3.63, 3.8) is 0 Å². The lowest BCUT2D eigenvalue weighted by Crippen LogP contribution is -2.05. The van der Waals surface area contributed by atoms with E-state index in [2.05, 4.69) is 0 Å². The van der Waals surface area contributed by atoms with Gasteiger partial charge in [-0.3, -0.25) is 4.79 Å². The summed E-state index contributed by atoms with van der Waals surface area (Å²) in [5, 5.41) is 30.7. The zero-order valence-electron chi connectivity index (χ0n) is 12.9. The van der Waals surface area contributed by atoms with E-state index in [1.807, 2.05) is 36.4 Å². The lowest BCUT2D eigenvalue weighted by Gasteiger charge is -2.12. The van der Waals surface area contributed by atoms with Crippen LogP contribution < -0.4 is 0 Å². The molecule has 0 aliphatic carbocycles. The summed E-state index contributed by atoms with van der Waals surface area (Å²) in [5.74, 6) is -1.26. The number of phenols is 2. The van der Waals surface area contributed by atoms with Crippen LogP contribution in [0.5, 0.6) is 11.5 Å². The normalized spacial score (nSPS) is 10.5. The van der Waals surface area contributed by atoms with Crippen molar-refractivity contribution in [2.75, 3.05) is 0 Å². The number of hydrogen-bond donors (Lipinski definition) is 2. The Bertz CT molecular complexity index is 956. The number of rotatable bonds is 4. The monoisotopic (exact) mass is 317 g/mol. The second-order valence-corrected chi connectivity index (χ2v) is 5.51. The molecule has 3 rings (SSSR count). The maximum absolute atomic E-state index is 12.6. The molecular formula is C20H15NO3. The van der Waals surface area contributed by atoms with Gasteiger partial charge in [-0.15, -0.1) is 0 Å². The SMILES string of the molecule is N#Cc1c(C(=O)CCc2ccccc2)c(O)c(O)c2ccccc12. The maximum atomic E-state index is 12.6. The highest BCUT2D eigenvalue weighted by Crippen LogP contribution is 2.40. The van der Waals surface area contributed by atoms with Crippen molar-refractivity contribution in [2.24, 2.45) is 0 Å². The van der Waals surface area contributed by atoms with Crippen LogP contribution in [-0.4, -0.2) is 16.0 Å². The number of hydrogen-bond acceptors (Lipinski definition) is 4. The molecule has 0 aromatic heterocycles. The van der Waals surface area contributed by atoms with Gasteiger partial charge in [0, 0.05) is 17.2 Å². The van der Waals surface area contributed by atoms with Crippen molar-refractivity contribution in [2.45, 2.75) is 12.8 Å². The number of fused-ring (bicyclic) bond motifs is 1. The van der Waals surface area contributed by atoms with E-state index >= 15 is 0 Å². The second kappa shape index (κ2) is 6.43. The summed E-state index contributed by atoms with van der Waals surface area (Å²) >= 11 is 0. The number of carbonyl (C=O) groups is 1. The van der Waals surface area contributed by atoms with Crippen LogP contribution in [0.2, 0.25) is 0 Å². The van der Waals surface area contributed by atoms with E-state index in [0.717, 1.165) is 5.56 Å². The van der Waals surface area contributed by atoms with E-state index in [9.17, 15) is 20.3 Å². The molecule has 0 unspecified atom stereocenters. The molecule has 0 bridgehead atoms. The fraction of sp³-hybridized carbons (Fsp3) is 0.100. The van der Waals surface area contributed by atoms with Crippen molar-refractivity contribution in [1.82, 2.24) is 0 Å². The summed E-state index contributed by atoms with van der Waals surface area (Å²) in [6, 6.07) is 18.2. The van der Waals surface area contributed by atoms with Crippen molar-refractivity contribution >= 4 is 16.6 Å². The zero-order chi connectivity index (χ0) is 17.1. The molecule has 4 nitrogen and oxygen atoms in total. The third-order valence-electron chi connectivity index (χ3n) is 4.04. The van der Waals surface area contributed by atoms with Gasteiger partial charge in [-0.25, -0.2) is 0 Å². The van der Waals surface area contributed by atoms with E-state index < -0.39 is 5.75 Å². The molecule has 0 heterocycles. The van der Waals surface area contributed by atoms with Gasteiger partial charge >= 0.3 is 0 Å². The highest BCUT2D eigenvalue weighted by Gasteiger charge is 2.23. The van der Waals surface area contributed by atoms with Gasteiger partial charge in [0.25, 0.3) is 0 Å². The van der Waals surface area contributed by atoms with Crippen LogP contribution in [0.3, 0.4) is 0 Å². The Kier molecular flexibility index (Phi) is 4.17. The van der Waals surface area contributed by atoms with Crippen LogP contribution in [0.1, 0.15) is 27.9 Å². The smallest absolute Gasteiger partial charge is 0.170 e. The zero-order valence-corrected chi connectivity index (χ0v) is 12.9. The first-order valence-corrected chi connectivity index (χ1v) is 7.57. The summed E-state index contributed by atoms with van der Waals surface area (Å²) < 4.78 is 0. The third-order valence-corrected chi connectivity index (χ3v) is 4.04. The van der Waals surface area contributed by atoms with Crippen molar-refractivity contribution in [3.8, 4) is 17.6 Å². The number of benzene rings is 3. The number of nitrogens with zero attached hydrogens (tertiary/aromatic N) is 1. The average Bonchev–Trinajstić information content (AvgIpc) is 2.63. The molecule has 0 amide bonds. The molecule has 0 saturated carbocycles. The minimum atomic E-state index is -0.525. The van der Waals surface area contributed by atoms with Crippen LogP contribution in [-0.2, 0) is 6.42 Å². The second-order valence-electron chi connectivity index (χ2n) is 5.51. The van der Waals surface area contributed by atoms with Crippen molar-refractivity contribution in [1.29, 1.82) is 5.26 Å². The van der Waals surface area contributed by atoms with Gasteiger partial charge in [-0.2, -0.15) is 5.26 Å². The van der Waals surface area contributed by atoms with Crippen LogP contribution in [0.25, 0.3) is 10.8 Å². The molecule has 3 aromatic carbocycles. The van der Waals surface area contributed by atoms with Crippen molar-refractivity contribution in [3.05, 3.63) is 71.3 Å². The number of Topliss-reactive ketones (excluding diaryl/α,β-unsaturated/α-hetero) is 1. The number of nitriles is 1. The number of aromatic hydroxyl groups is 2. The fourth-order valence-electron chi connectivity index (χ4n) is 2.82. The number of ketones is 1. The van der Waals surface area contributed by atoms with E-state index in [4.69, 9.17) is 0 Å². The van der Waals surface area contributed by atoms with Gasteiger partial charge in [0.05, 0.1) is 11.1 Å². The Morgan fingerprint density at radius 1 is 0.917 bits per heavy atom. The Morgan fingerprint density at radius 3 is 2.21 bits per heavy atom. The number of carbonyl (C=O) groups excluding carboxylic acids is 1. The van der Waals surface area contributed by atoms with E-state index in [0.29, 0.717) is 17.2 Å². The molecule has 4 heteroatoms. The topological polar surface area (TPSA) is 81.3 Å². The molecule has 0 saturated heterocycles. The molecule has 0 aliphatic rings. The van der Waals surface area contributed by atoms with Gasteiger partial charge < -0.3 is 10.2 Å². The molecule has 2 N–H and O–H groups in total. The van der Waals surface area contributed by atoms with Gasteiger partial charge in [0.2, 0.25) is 0 Å². The summed E-state index contributed by atoms with van der Waals surface area (Å²) in [5.41, 5.74) is 0.984. The molecule has 118 valence electrons. The Balaban J connectivity index is 2.04. The van der Waals surface area contributed by atoms with E-state index in [-0.39, 0.29) is 29.1 Å². The molecule has 3 aromatic rings. The minimum Gasteiger partial charge on any atom is -0.504 e. The Morgan fingerprint density at radius 2 is 1.54 bits per heavy atom. The maximum Gasteiger partial charge on any atom is 0.170 e. The minimum absolute atomic E-state index is 0.0963. The lowest BCUT2D eigenvalue weighted by molar-refractivity contribution is 0.0979. The highest BCUT2D eigenvalue weighted by molar-refractivity contribution is 6.09. The van der Waals surface area contributed by atoms with Crippen LogP contribution in [0.4, 0.5) is 0 Å². The summed E-state index contributed by atoms with van der Waals surface area (Å²) in [7, 11) is 0. The predicted molar refractivity (Wildman–Crippen MR) is 91.1 cm³/mol. The van der Waals surface area contributed by atoms with Crippen molar-refractivity contribution < 1.29 is 15.0 Å². The quantitative estimate of drug-likeness (QED) is 0.564. The Labute approximate surface area is 139 Å². The highest BCUT2D eigenvalue weighted by atomic mass is 16.3. The first-order valence-electron chi connectivity index (χ1n) is 7.57. The van der Waals surface area contributed by atoms with E-state index in [1.165, 1.54) is 0 Å². The van der Waals surface area contributed by atoms with Gasteiger partial charge in [-0.1, -0.05) is 54.6 Å². The predicted octanol–water partition coefficient (Wildman–Crippen LogP) is 3.94. The first kappa shape index (κ1) is 15.6. The Hall–Kier alpha value is -3.32. The largest absolute Gasteiger partial charge is 0.504 e. The standard InChI is InChI=1S/C20H15NO3/c21-12-16-14-8-4-5-9-15(14)19(23)20(24)18(16)17(22)11-10-13-6-2-1-3-7-13/h1-9,23-24H,10-11H2. The molecule has 0 fully saturated rings.